The van der Waals surface area contributed by atoms with Gasteiger partial charge in [-0.2, -0.15) is 4.31 Å². The second-order valence-corrected chi connectivity index (χ2v) is 9.73. The molecule has 0 saturated carbocycles. The van der Waals surface area contributed by atoms with Gasteiger partial charge in [0.15, 0.2) is 0 Å². The van der Waals surface area contributed by atoms with Crippen LogP contribution in [0.1, 0.15) is 19.4 Å². The van der Waals surface area contributed by atoms with Crippen molar-refractivity contribution in [2.45, 2.75) is 18.7 Å². The lowest BCUT2D eigenvalue weighted by Crippen LogP contribution is -2.44. The Bertz CT molecular complexity index is 1040. The van der Waals surface area contributed by atoms with Gasteiger partial charge in [-0.3, -0.25) is 4.79 Å². The third-order valence-corrected chi connectivity index (χ3v) is 7.69. The lowest BCUT2D eigenvalue weighted by atomic mass is 10.2. The molecule has 0 aromatic heterocycles. The van der Waals surface area contributed by atoms with Crippen LogP contribution in [0.15, 0.2) is 59.5 Å². The first-order valence-corrected chi connectivity index (χ1v) is 12.4. The number of rotatable bonds is 8. The van der Waals surface area contributed by atoms with Gasteiger partial charge in [0.1, 0.15) is 0 Å². The Labute approximate surface area is 191 Å². The normalized spacial score (nSPS) is 15.4. The molecule has 0 unspecified atom stereocenters. The zero-order valence-corrected chi connectivity index (χ0v) is 19.8. The SMILES string of the molecule is CCN(CC)S(=O)(=O)c1ccc(N2CCN(C)CC2)c(NC(=O)C=Cc2ccccc2)c1. The smallest absolute Gasteiger partial charge is 0.248 e. The highest BCUT2D eigenvalue weighted by Crippen LogP contribution is 2.31. The summed E-state index contributed by atoms with van der Waals surface area (Å²) in [4.78, 5) is 17.3. The number of carbonyl (C=O) groups excluding carboxylic acids is 1. The molecule has 32 heavy (non-hydrogen) atoms. The van der Waals surface area contributed by atoms with Crippen LogP contribution >= 0.6 is 0 Å². The van der Waals surface area contributed by atoms with Gasteiger partial charge in [-0.1, -0.05) is 44.2 Å². The molecular formula is C24H32N4O3S. The molecule has 0 radical (unpaired) electrons. The number of nitrogens with zero attached hydrogens (tertiary/aromatic N) is 3. The van der Waals surface area contributed by atoms with Crippen LogP contribution in [0.25, 0.3) is 6.08 Å². The van der Waals surface area contributed by atoms with Crippen molar-refractivity contribution in [2.75, 3.05) is 56.5 Å². The summed E-state index contributed by atoms with van der Waals surface area (Å²) in [5, 5.41) is 2.91. The lowest BCUT2D eigenvalue weighted by Gasteiger charge is -2.35. The van der Waals surface area contributed by atoms with E-state index in [1.807, 2.05) is 44.2 Å². The van der Waals surface area contributed by atoms with Crippen molar-refractivity contribution < 1.29 is 13.2 Å². The van der Waals surface area contributed by atoms with Crippen molar-refractivity contribution >= 4 is 33.4 Å². The van der Waals surface area contributed by atoms with E-state index in [0.29, 0.717) is 18.8 Å². The summed E-state index contributed by atoms with van der Waals surface area (Å²) in [5.41, 5.74) is 2.25. The maximum atomic E-state index is 13.1. The average molecular weight is 457 g/mol. The second kappa shape index (κ2) is 10.8. The minimum Gasteiger partial charge on any atom is -0.367 e. The molecule has 1 heterocycles. The minimum atomic E-state index is -3.63. The van der Waals surface area contributed by atoms with Crippen LogP contribution in [0.4, 0.5) is 11.4 Å². The number of carbonyl (C=O) groups is 1. The molecule has 0 bridgehead atoms. The molecular weight excluding hydrogens is 424 g/mol. The molecule has 1 N–H and O–H groups in total. The second-order valence-electron chi connectivity index (χ2n) is 7.79. The van der Waals surface area contributed by atoms with Gasteiger partial charge in [0, 0.05) is 45.3 Å². The Kier molecular flexibility index (Phi) is 8.06. The predicted octanol–water partition coefficient (Wildman–Crippen LogP) is 3.12. The number of likely N-dealkylation sites (N-methyl/N-ethyl adjacent to an activating group) is 1. The van der Waals surface area contributed by atoms with E-state index in [0.717, 1.165) is 37.4 Å². The zero-order chi connectivity index (χ0) is 23.1. The molecule has 2 aromatic carbocycles. The van der Waals surface area contributed by atoms with Gasteiger partial charge in [-0.25, -0.2) is 8.42 Å². The maximum Gasteiger partial charge on any atom is 0.248 e. The van der Waals surface area contributed by atoms with Crippen LogP contribution in [0.5, 0.6) is 0 Å². The molecule has 0 aliphatic carbocycles. The van der Waals surface area contributed by atoms with Crippen molar-refractivity contribution in [3.63, 3.8) is 0 Å². The number of hydrogen-bond acceptors (Lipinski definition) is 5. The number of amides is 1. The Balaban J connectivity index is 1.92. The fourth-order valence-corrected chi connectivity index (χ4v) is 5.21. The number of hydrogen-bond donors (Lipinski definition) is 1. The Morgan fingerprint density at radius 3 is 2.31 bits per heavy atom. The summed E-state index contributed by atoms with van der Waals surface area (Å²) in [6.07, 6.45) is 3.20. The first kappa shape index (κ1) is 24.0. The Morgan fingerprint density at radius 1 is 1.03 bits per heavy atom. The topological polar surface area (TPSA) is 73.0 Å². The van der Waals surface area contributed by atoms with Crippen LogP contribution in [0, 0.1) is 0 Å². The molecule has 1 saturated heterocycles. The molecule has 172 valence electrons. The minimum absolute atomic E-state index is 0.182. The summed E-state index contributed by atoms with van der Waals surface area (Å²) < 4.78 is 27.5. The molecule has 8 heteroatoms. The van der Waals surface area contributed by atoms with Crippen molar-refractivity contribution in [3.8, 4) is 0 Å². The monoisotopic (exact) mass is 456 g/mol. The summed E-state index contributed by atoms with van der Waals surface area (Å²) in [6, 6.07) is 14.6. The van der Waals surface area contributed by atoms with Crippen LogP contribution in [0.2, 0.25) is 0 Å². The van der Waals surface area contributed by atoms with Gasteiger partial charge in [-0.15, -0.1) is 0 Å². The quantitative estimate of drug-likeness (QED) is 0.618. The highest BCUT2D eigenvalue weighted by atomic mass is 32.2. The third-order valence-electron chi connectivity index (χ3n) is 5.64. The van der Waals surface area contributed by atoms with E-state index in [-0.39, 0.29) is 10.8 Å². The first-order chi connectivity index (χ1) is 15.3. The molecule has 2 aromatic rings. The summed E-state index contributed by atoms with van der Waals surface area (Å²) >= 11 is 0. The largest absolute Gasteiger partial charge is 0.367 e. The summed E-state index contributed by atoms with van der Waals surface area (Å²) in [5.74, 6) is -0.304. The maximum absolute atomic E-state index is 13.1. The molecule has 0 spiro atoms. The van der Waals surface area contributed by atoms with Crippen LogP contribution in [0.3, 0.4) is 0 Å². The number of anilines is 2. The van der Waals surface area contributed by atoms with E-state index in [2.05, 4.69) is 22.2 Å². The molecule has 1 aliphatic rings. The Hall–Kier alpha value is -2.68. The number of nitrogens with one attached hydrogen (secondary N) is 1. The van der Waals surface area contributed by atoms with Crippen molar-refractivity contribution in [2.24, 2.45) is 0 Å². The van der Waals surface area contributed by atoms with Gasteiger partial charge in [0.25, 0.3) is 0 Å². The molecule has 0 atom stereocenters. The fraction of sp³-hybridized carbons (Fsp3) is 0.375. The highest BCUT2D eigenvalue weighted by molar-refractivity contribution is 7.89. The summed E-state index contributed by atoms with van der Waals surface area (Å²) in [7, 11) is -1.56. The van der Waals surface area contributed by atoms with Crippen LogP contribution < -0.4 is 10.2 Å². The van der Waals surface area contributed by atoms with Crippen LogP contribution in [-0.2, 0) is 14.8 Å². The van der Waals surface area contributed by atoms with Gasteiger partial charge < -0.3 is 15.1 Å². The van der Waals surface area contributed by atoms with Gasteiger partial charge >= 0.3 is 0 Å². The van der Waals surface area contributed by atoms with E-state index in [9.17, 15) is 13.2 Å². The van der Waals surface area contributed by atoms with Crippen molar-refractivity contribution in [1.82, 2.24) is 9.21 Å². The number of sulfonamides is 1. The summed E-state index contributed by atoms with van der Waals surface area (Å²) in [6.45, 7) is 7.83. The zero-order valence-electron chi connectivity index (χ0n) is 19.0. The molecule has 1 aliphatic heterocycles. The van der Waals surface area contributed by atoms with E-state index < -0.39 is 10.0 Å². The van der Waals surface area contributed by atoms with Crippen molar-refractivity contribution in [3.05, 3.63) is 60.2 Å². The number of benzene rings is 2. The van der Waals surface area contributed by atoms with Gasteiger partial charge in [0.05, 0.1) is 16.3 Å². The lowest BCUT2D eigenvalue weighted by molar-refractivity contribution is -0.111. The number of piperazine rings is 1. The third kappa shape index (κ3) is 5.76. The molecule has 1 fully saturated rings. The standard InChI is InChI=1S/C24H32N4O3S/c1-4-28(5-2)32(30,31)21-12-13-23(27-17-15-26(3)16-18-27)22(19-21)25-24(29)14-11-20-9-7-6-8-10-20/h6-14,19H,4-5,15-18H2,1-3H3,(H,25,29). The first-order valence-electron chi connectivity index (χ1n) is 11.0. The Morgan fingerprint density at radius 2 is 1.69 bits per heavy atom. The van der Waals surface area contributed by atoms with Crippen molar-refractivity contribution in [1.29, 1.82) is 0 Å². The van der Waals surface area contributed by atoms with E-state index >= 15 is 0 Å². The highest BCUT2D eigenvalue weighted by Gasteiger charge is 2.25. The van der Waals surface area contributed by atoms with Gasteiger partial charge in [-0.05, 0) is 36.9 Å². The van der Waals surface area contributed by atoms with E-state index in [1.54, 1.807) is 24.3 Å². The average Bonchev–Trinajstić information content (AvgIpc) is 2.79. The predicted molar refractivity (Wildman–Crippen MR) is 130 cm³/mol. The van der Waals surface area contributed by atoms with E-state index in [1.165, 1.54) is 10.4 Å². The van der Waals surface area contributed by atoms with Crippen LogP contribution in [-0.4, -0.2) is 69.8 Å². The fourth-order valence-electron chi connectivity index (χ4n) is 3.72. The molecule has 3 rings (SSSR count). The molecule has 1 amide bonds. The molecule has 7 nitrogen and oxygen atoms in total. The van der Waals surface area contributed by atoms with Gasteiger partial charge in [0.2, 0.25) is 15.9 Å². The van der Waals surface area contributed by atoms with E-state index in [4.69, 9.17) is 0 Å².